The summed E-state index contributed by atoms with van der Waals surface area (Å²) in [5, 5.41) is 19.3. The Kier molecular flexibility index (Phi) is 6.84. The van der Waals surface area contributed by atoms with E-state index in [0.717, 1.165) is 53.5 Å². The molecule has 2 radical (unpaired) electrons. The number of nitriles is 1. The summed E-state index contributed by atoms with van der Waals surface area (Å²) in [6, 6.07) is 1.76. The molecule has 4 atom stereocenters. The molecule has 274 valence electrons. The Morgan fingerprint density at radius 3 is 1.27 bits per heavy atom. The van der Waals surface area contributed by atoms with Crippen molar-refractivity contribution >= 4 is 62.5 Å². The minimum atomic E-state index is -5.91. The molecule has 8 aliphatic rings. The normalized spacial score (nSPS) is 38.9. The van der Waals surface area contributed by atoms with Crippen LogP contribution < -0.4 is 0 Å². The number of thioether (sulfide) groups is 4. The number of rotatable bonds is 3. The summed E-state index contributed by atoms with van der Waals surface area (Å²) >= 11 is 2.85. The number of fused-ring (bicyclic) bond motifs is 8. The highest BCUT2D eigenvalue weighted by atomic mass is 32.2. The van der Waals surface area contributed by atoms with E-state index in [0.29, 0.717) is 17.8 Å². The summed E-state index contributed by atoms with van der Waals surface area (Å²) in [6.45, 7) is 5.28. The Morgan fingerprint density at radius 1 is 0.577 bits per heavy atom. The first-order valence-corrected chi connectivity index (χ1v) is 19.1. The van der Waals surface area contributed by atoms with Crippen LogP contribution in [-0.4, -0.2) is 75.1 Å². The van der Waals surface area contributed by atoms with Gasteiger partial charge in [-0.25, -0.2) is 4.79 Å². The van der Waals surface area contributed by atoms with Crippen molar-refractivity contribution in [1.29, 1.82) is 5.26 Å². The predicted molar refractivity (Wildman–Crippen MR) is 173 cm³/mol. The van der Waals surface area contributed by atoms with Crippen molar-refractivity contribution in [2.75, 3.05) is 0 Å². The lowest BCUT2D eigenvalue weighted by Crippen LogP contribution is -2.49. The molecule has 20 heteroatoms. The molecule has 8 rings (SSSR count). The maximum atomic E-state index is 15.6. The van der Waals surface area contributed by atoms with Crippen LogP contribution in [0.4, 0.5) is 52.7 Å². The molecule has 0 aromatic heterocycles. The van der Waals surface area contributed by atoms with E-state index in [1.54, 1.807) is 6.07 Å². The third kappa shape index (κ3) is 3.60. The minimum absolute atomic E-state index is 0.0828. The maximum Gasteiger partial charge on any atom is 0.380 e. The van der Waals surface area contributed by atoms with Crippen LogP contribution >= 0.6 is 47.0 Å². The molecule has 1 N–H and O–H groups in total. The second-order valence-electron chi connectivity index (χ2n) is 13.7. The second kappa shape index (κ2) is 9.71. The number of hydrogen-bond acceptors (Lipinski definition) is 6. The molecule has 2 fully saturated rings. The number of aliphatic carboxylic acids is 1. The van der Waals surface area contributed by atoms with Gasteiger partial charge >= 0.3 is 41.5 Å². The molecular formula is C32H17F12NO2S4Si. The van der Waals surface area contributed by atoms with Gasteiger partial charge in [0.05, 0.1) is 28.8 Å². The van der Waals surface area contributed by atoms with Crippen LogP contribution in [0.2, 0.25) is 0 Å². The SMILES string of the molecule is C[C@]12SC(C#N)=CC1=C1C(=C3C=C([Si]C4=CC5=C6C(=C7C=C(C(=O)O)S[C@@]7(C)[C@]5(C)S4)C(F)(F)C(F)(F)C6(F)F)S[C@@]32C)C(F)(F)C(F)(F)C1(F)F. The zero-order valence-corrected chi connectivity index (χ0v) is 30.5. The highest BCUT2D eigenvalue weighted by molar-refractivity contribution is 8.12. The molecule has 0 bridgehead atoms. The molecule has 4 aliphatic heterocycles. The van der Waals surface area contributed by atoms with Gasteiger partial charge in [-0.05, 0) is 71.2 Å². The van der Waals surface area contributed by atoms with Crippen molar-refractivity contribution in [2.45, 2.75) is 82.2 Å². The number of hydrogen-bond donors (Lipinski definition) is 1. The summed E-state index contributed by atoms with van der Waals surface area (Å²) < 4.78 is 177. The van der Waals surface area contributed by atoms with Crippen molar-refractivity contribution in [3.63, 3.8) is 0 Å². The van der Waals surface area contributed by atoms with Gasteiger partial charge in [-0.15, -0.1) is 47.0 Å². The Balaban J connectivity index is 1.29. The largest absolute Gasteiger partial charge is 0.477 e. The monoisotopic (exact) mass is 831 g/mol. The summed E-state index contributed by atoms with van der Waals surface area (Å²) in [7, 11) is -0.740. The second-order valence-corrected chi connectivity index (χ2v) is 21.6. The molecule has 0 aromatic carbocycles. The molecule has 0 unspecified atom stereocenters. The van der Waals surface area contributed by atoms with Gasteiger partial charge in [-0.3, -0.25) is 0 Å². The van der Waals surface area contributed by atoms with Gasteiger partial charge in [0.2, 0.25) is 0 Å². The Bertz CT molecular complexity index is 2210. The highest BCUT2D eigenvalue weighted by Gasteiger charge is 2.86. The summed E-state index contributed by atoms with van der Waals surface area (Å²) in [4.78, 5) is 11.2. The molecule has 4 heterocycles. The number of alkyl halides is 12. The van der Waals surface area contributed by atoms with Gasteiger partial charge in [0.15, 0.2) is 0 Å². The van der Waals surface area contributed by atoms with E-state index >= 15 is 35.1 Å². The van der Waals surface area contributed by atoms with E-state index < -0.39 is 120 Å². The molecule has 4 aliphatic carbocycles. The van der Waals surface area contributed by atoms with Gasteiger partial charge in [0.25, 0.3) is 0 Å². The molecule has 0 saturated heterocycles. The zero-order valence-electron chi connectivity index (χ0n) is 26.3. The van der Waals surface area contributed by atoms with Crippen LogP contribution in [-0.2, 0) is 4.79 Å². The number of nitrogens with zero attached hydrogens (tertiary/aromatic N) is 1. The van der Waals surface area contributed by atoms with Crippen molar-refractivity contribution in [2.24, 2.45) is 0 Å². The van der Waals surface area contributed by atoms with E-state index in [4.69, 9.17) is 0 Å². The van der Waals surface area contributed by atoms with E-state index in [1.807, 2.05) is 0 Å². The van der Waals surface area contributed by atoms with Crippen molar-refractivity contribution in [1.82, 2.24) is 0 Å². The fourth-order valence-electron chi connectivity index (χ4n) is 8.22. The fourth-order valence-corrected chi connectivity index (χ4v) is 16.8. The number of carboxylic acids is 1. The van der Waals surface area contributed by atoms with E-state index in [2.05, 4.69) is 0 Å². The fraction of sp³-hybridized carbons (Fsp3) is 0.438. The first-order valence-electron chi connectivity index (χ1n) is 14.9. The highest BCUT2D eigenvalue weighted by Crippen LogP contribution is 2.76. The molecular weight excluding hydrogens is 815 g/mol. The third-order valence-electron chi connectivity index (χ3n) is 11.2. The third-order valence-corrected chi connectivity index (χ3v) is 19.2. The van der Waals surface area contributed by atoms with Crippen molar-refractivity contribution in [3.8, 4) is 6.07 Å². The molecule has 0 amide bonds. The van der Waals surface area contributed by atoms with Crippen LogP contribution in [0.25, 0.3) is 0 Å². The number of allylic oxidation sites excluding steroid dienone is 9. The Hall–Kier alpha value is -2.34. The van der Waals surface area contributed by atoms with Gasteiger partial charge in [-0.2, -0.15) is 57.9 Å². The van der Waals surface area contributed by atoms with E-state index in [9.17, 15) is 32.7 Å². The van der Waals surface area contributed by atoms with E-state index in [-0.39, 0.29) is 14.0 Å². The van der Waals surface area contributed by atoms with Crippen LogP contribution in [0.3, 0.4) is 0 Å². The number of carbonyl (C=O) groups is 1. The van der Waals surface area contributed by atoms with Crippen molar-refractivity contribution < 1.29 is 62.6 Å². The van der Waals surface area contributed by atoms with Gasteiger partial charge in [-0.1, -0.05) is 12.2 Å². The standard InChI is InChI=1S/C32H17F12NO2S4Si/c1-23-11(5-10(9-45)48-23)18-20(29(37,38)31(41,42)27(18,33)34)13-7-16(50-25(13,23)3)52-17-8-14-21-19(28(35,36)32(43,44)30(21,39)40)12-6-15(22(46)47)49-24(12,2)26(14,4)51-17/h5-8H,1-4H3,(H,46,47)/t23-,24+,25-,26+/m0/s1. The smallest absolute Gasteiger partial charge is 0.380 e. The summed E-state index contributed by atoms with van der Waals surface area (Å²) in [5.41, 5.74) is -9.04. The lowest BCUT2D eigenvalue weighted by molar-refractivity contribution is -0.258. The van der Waals surface area contributed by atoms with Crippen LogP contribution in [0, 0.1) is 11.3 Å². The molecule has 52 heavy (non-hydrogen) atoms. The average Bonchev–Trinajstić information content (AvgIpc) is 3.78. The van der Waals surface area contributed by atoms with Crippen LogP contribution in [0.5, 0.6) is 0 Å². The topological polar surface area (TPSA) is 61.1 Å². The molecule has 0 spiro atoms. The summed E-state index contributed by atoms with van der Waals surface area (Å²) in [5.74, 6) is -34.9. The number of halogens is 12. The number of carboxylic acid groups (broad SMARTS) is 1. The van der Waals surface area contributed by atoms with Crippen LogP contribution in [0.1, 0.15) is 27.7 Å². The van der Waals surface area contributed by atoms with Gasteiger partial charge < -0.3 is 5.11 Å². The zero-order chi connectivity index (χ0) is 38.6. The average molecular weight is 832 g/mol. The first kappa shape index (κ1) is 36.6. The molecule has 3 nitrogen and oxygen atoms in total. The predicted octanol–water partition coefficient (Wildman–Crippen LogP) is 9.82. The molecule has 0 aromatic rings. The molecule has 2 saturated carbocycles. The van der Waals surface area contributed by atoms with E-state index in [1.165, 1.54) is 27.7 Å². The van der Waals surface area contributed by atoms with Gasteiger partial charge in [0, 0.05) is 22.3 Å². The summed E-state index contributed by atoms with van der Waals surface area (Å²) in [6.07, 6.45) is 3.60. The van der Waals surface area contributed by atoms with Gasteiger partial charge in [0.1, 0.15) is 15.6 Å². The lowest BCUT2D eigenvalue weighted by Gasteiger charge is -2.47. The maximum absolute atomic E-state index is 15.6. The van der Waals surface area contributed by atoms with Crippen LogP contribution in [0.15, 0.2) is 87.8 Å². The Labute approximate surface area is 305 Å². The minimum Gasteiger partial charge on any atom is -0.477 e. The first-order chi connectivity index (χ1) is 23.5. The van der Waals surface area contributed by atoms with Crippen molar-refractivity contribution in [3.05, 3.63) is 87.8 Å². The lowest BCUT2D eigenvalue weighted by atomic mass is 9.71. The quantitative estimate of drug-likeness (QED) is 0.225. The Morgan fingerprint density at radius 2 is 0.904 bits per heavy atom.